The standard InChI is InChI=1S/C15H14N4O6S/c1-9-12(8-16)14(21)19(6-7-20)15(22)13(9)18-17-10-2-4-11(5-3-10)26(23,24)25/h2-5,20-21H,6-7H2,1H3,(H,23,24,25). The summed E-state index contributed by atoms with van der Waals surface area (Å²) in [6, 6.07) is 6.51. The van der Waals surface area contributed by atoms with Crippen molar-refractivity contribution < 1.29 is 23.2 Å². The summed E-state index contributed by atoms with van der Waals surface area (Å²) < 4.78 is 31.7. The summed E-state index contributed by atoms with van der Waals surface area (Å²) in [4.78, 5) is 12.1. The van der Waals surface area contributed by atoms with Gasteiger partial charge in [-0.2, -0.15) is 18.8 Å². The number of aliphatic hydroxyl groups excluding tert-OH is 1. The van der Waals surface area contributed by atoms with Crippen LogP contribution in [0.15, 0.2) is 44.2 Å². The van der Waals surface area contributed by atoms with E-state index in [1.807, 2.05) is 0 Å². The molecule has 0 fully saturated rings. The molecule has 0 saturated carbocycles. The van der Waals surface area contributed by atoms with Gasteiger partial charge in [0.25, 0.3) is 15.7 Å². The highest BCUT2D eigenvalue weighted by Gasteiger charge is 2.18. The summed E-state index contributed by atoms with van der Waals surface area (Å²) in [5.41, 5.74) is -0.814. The largest absolute Gasteiger partial charge is 0.493 e. The Kier molecular flexibility index (Phi) is 5.51. The number of nitriles is 1. The van der Waals surface area contributed by atoms with Crippen LogP contribution < -0.4 is 5.56 Å². The molecule has 0 radical (unpaired) electrons. The fourth-order valence-electron chi connectivity index (χ4n) is 2.16. The first-order valence-electron chi connectivity index (χ1n) is 7.17. The molecular weight excluding hydrogens is 364 g/mol. The van der Waals surface area contributed by atoms with E-state index in [0.29, 0.717) is 0 Å². The topological polar surface area (TPSA) is 165 Å². The number of aromatic nitrogens is 1. The van der Waals surface area contributed by atoms with E-state index in [1.54, 1.807) is 6.07 Å². The van der Waals surface area contributed by atoms with Gasteiger partial charge in [-0.3, -0.25) is 13.9 Å². The maximum absolute atomic E-state index is 12.4. The molecule has 1 aromatic heterocycles. The van der Waals surface area contributed by atoms with E-state index < -0.39 is 28.2 Å². The highest BCUT2D eigenvalue weighted by atomic mass is 32.2. The van der Waals surface area contributed by atoms with Crippen molar-refractivity contribution in [3.8, 4) is 11.9 Å². The van der Waals surface area contributed by atoms with Gasteiger partial charge in [0.15, 0.2) is 5.69 Å². The summed E-state index contributed by atoms with van der Waals surface area (Å²) in [5, 5.41) is 35.8. The molecular formula is C15H14N4O6S. The van der Waals surface area contributed by atoms with Crippen molar-refractivity contribution in [1.29, 1.82) is 5.26 Å². The second kappa shape index (κ2) is 7.44. The Bertz CT molecular complexity index is 1070. The van der Waals surface area contributed by atoms with Crippen LogP contribution in [0.2, 0.25) is 0 Å². The van der Waals surface area contributed by atoms with Crippen LogP contribution >= 0.6 is 0 Å². The van der Waals surface area contributed by atoms with Gasteiger partial charge in [0, 0.05) is 5.56 Å². The number of azo groups is 1. The van der Waals surface area contributed by atoms with Gasteiger partial charge in [0.1, 0.15) is 11.6 Å². The molecule has 11 heteroatoms. The molecule has 136 valence electrons. The van der Waals surface area contributed by atoms with Crippen molar-refractivity contribution in [2.45, 2.75) is 18.4 Å². The van der Waals surface area contributed by atoms with Crippen LogP contribution in [0.5, 0.6) is 5.88 Å². The molecule has 0 bridgehead atoms. The van der Waals surface area contributed by atoms with Crippen molar-refractivity contribution in [1.82, 2.24) is 4.57 Å². The van der Waals surface area contributed by atoms with Gasteiger partial charge in [-0.05, 0) is 31.2 Å². The Morgan fingerprint density at radius 2 is 1.85 bits per heavy atom. The maximum atomic E-state index is 12.4. The zero-order valence-corrected chi connectivity index (χ0v) is 14.3. The number of benzene rings is 1. The van der Waals surface area contributed by atoms with Gasteiger partial charge in [-0.1, -0.05) is 0 Å². The Hall–Kier alpha value is -3.07. The van der Waals surface area contributed by atoms with Crippen LogP contribution in [0, 0.1) is 18.3 Å². The third-order valence-electron chi connectivity index (χ3n) is 3.49. The predicted octanol–water partition coefficient (Wildman–Crippen LogP) is 1.39. The zero-order chi connectivity index (χ0) is 19.5. The van der Waals surface area contributed by atoms with Crippen LogP contribution in [0.1, 0.15) is 11.1 Å². The van der Waals surface area contributed by atoms with E-state index in [9.17, 15) is 18.3 Å². The van der Waals surface area contributed by atoms with Crippen molar-refractivity contribution in [2.24, 2.45) is 10.2 Å². The molecule has 0 saturated heterocycles. The summed E-state index contributed by atoms with van der Waals surface area (Å²) in [6.07, 6.45) is 0. The number of aromatic hydroxyl groups is 1. The first-order valence-corrected chi connectivity index (χ1v) is 8.61. The molecule has 26 heavy (non-hydrogen) atoms. The lowest BCUT2D eigenvalue weighted by atomic mass is 10.1. The van der Waals surface area contributed by atoms with Gasteiger partial charge in [0.2, 0.25) is 5.88 Å². The molecule has 0 amide bonds. The van der Waals surface area contributed by atoms with Crippen LogP contribution in [0.4, 0.5) is 11.4 Å². The molecule has 0 spiro atoms. The van der Waals surface area contributed by atoms with Gasteiger partial charge >= 0.3 is 0 Å². The van der Waals surface area contributed by atoms with Crippen molar-refractivity contribution >= 4 is 21.5 Å². The number of hydrogen-bond acceptors (Lipinski definition) is 8. The third kappa shape index (κ3) is 3.77. The summed E-state index contributed by atoms with van der Waals surface area (Å²) in [6.45, 7) is 0.749. The minimum absolute atomic E-state index is 0.113. The third-order valence-corrected chi connectivity index (χ3v) is 4.36. The van der Waals surface area contributed by atoms with E-state index in [1.165, 1.54) is 19.1 Å². The normalized spacial score (nSPS) is 11.6. The molecule has 0 aliphatic carbocycles. The van der Waals surface area contributed by atoms with Crippen LogP contribution in [-0.2, 0) is 16.7 Å². The first kappa shape index (κ1) is 19.3. The van der Waals surface area contributed by atoms with Gasteiger partial charge < -0.3 is 10.2 Å². The summed E-state index contributed by atoms with van der Waals surface area (Å²) in [5.74, 6) is -0.569. The molecule has 1 heterocycles. The molecule has 2 rings (SSSR count). The average Bonchev–Trinajstić information content (AvgIpc) is 2.58. The van der Waals surface area contributed by atoms with Crippen molar-refractivity contribution in [3.63, 3.8) is 0 Å². The van der Waals surface area contributed by atoms with E-state index in [4.69, 9.17) is 14.9 Å². The lowest BCUT2D eigenvalue weighted by Gasteiger charge is -2.11. The van der Waals surface area contributed by atoms with Gasteiger partial charge in [-0.25, -0.2) is 0 Å². The zero-order valence-electron chi connectivity index (χ0n) is 13.5. The minimum atomic E-state index is -4.34. The second-order valence-electron chi connectivity index (χ2n) is 5.13. The molecule has 0 aliphatic rings. The van der Waals surface area contributed by atoms with Gasteiger partial charge in [-0.15, -0.1) is 5.11 Å². The minimum Gasteiger partial charge on any atom is -0.493 e. The highest BCUT2D eigenvalue weighted by molar-refractivity contribution is 7.85. The number of pyridine rings is 1. The maximum Gasteiger partial charge on any atom is 0.294 e. The SMILES string of the molecule is Cc1c(C#N)c(O)n(CCO)c(=O)c1N=Nc1ccc(S(=O)(=O)O)cc1. The Balaban J connectivity index is 2.52. The van der Waals surface area contributed by atoms with E-state index >= 15 is 0 Å². The molecule has 2 aromatic rings. The lowest BCUT2D eigenvalue weighted by molar-refractivity contribution is 0.263. The smallest absolute Gasteiger partial charge is 0.294 e. The molecule has 0 atom stereocenters. The van der Waals surface area contributed by atoms with Gasteiger partial charge in [0.05, 0.1) is 23.7 Å². The molecule has 3 N–H and O–H groups in total. The highest BCUT2D eigenvalue weighted by Crippen LogP contribution is 2.27. The number of nitrogens with zero attached hydrogens (tertiary/aromatic N) is 4. The van der Waals surface area contributed by atoms with Crippen LogP contribution in [0.25, 0.3) is 0 Å². The predicted molar refractivity (Wildman–Crippen MR) is 89.3 cm³/mol. The van der Waals surface area contributed by atoms with E-state index in [2.05, 4.69) is 10.2 Å². The second-order valence-corrected chi connectivity index (χ2v) is 6.55. The molecule has 0 unspecified atom stereocenters. The number of rotatable bonds is 5. The Morgan fingerprint density at radius 1 is 1.23 bits per heavy atom. The molecule has 0 aliphatic heterocycles. The summed E-state index contributed by atoms with van der Waals surface area (Å²) >= 11 is 0. The van der Waals surface area contributed by atoms with Crippen molar-refractivity contribution in [3.05, 3.63) is 45.7 Å². The van der Waals surface area contributed by atoms with E-state index in [0.717, 1.165) is 16.7 Å². The Morgan fingerprint density at radius 3 is 2.35 bits per heavy atom. The number of aliphatic hydroxyl groups is 1. The summed E-state index contributed by atoms with van der Waals surface area (Å²) in [7, 11) is -4.34. The van der Waals surface area contributed by atoms with E-state index in [-0.39, 0.29) is 33.9 Å². The first-order chi connectivity index (χ1) is 12.2. The number of hydrogen-bond donors (Lipinski definition) is 3. The van der Waals surface area contributed by atoms with Crippen LogP contribution in [0.3, 0.4) is 0 Å². The fourth-order valence-corrected chi connectivity index (χ4v) is 2.64. The van der Waals surface area contributed by atoms with Crippen LogP contribution in [-0.4, -0.2) is 34.4 Å². The molecule has 10 nitrogen and oxygen atoms in total. The van der Waals surface area contributed by atoms with Crippen molar-refractivity contribution in [2.75, 3.05) is 6.61 Å². The fraction of sp³-hybridized carbons (Fsp3) is 0.200. The Labute approximate surface area is 148 Å². The lowest BCUT2D eigenvalue weighted by Crippen LogP contribution is -2.23. The molecule has 1 aromatic carbocycles. The quantitative estimate of drug-likeness (QED) is 0.522. The monoisotopic (exact) mass is 378 g/mol. The average molecular weight is 378 g/mol.